The van der Waals surface area contributed by atoms with Crippen molar-refractivity contribution < 1.29 is 8.42 Å². The molecule has 7 heteroatoms. The number of hydrogen-bond donors (Lipinski definition) is 0. The number of likely N-dealkylation sites (tertiary alicyclic amines) is 1. The van der Waals surface area contributed by atoms with Gasteiger partial charge in [-0.3, -0.25) is 4.98 Å². The number of piperidine rings is 1. The Kier molecular flexibility index (Phi) is 5.24. The van der Waals surface area contributed by atoms with Crippen LogP contribution in [0.1, 0.15) is 26.7 Å². The van der Waals surface area contributed by atoms with Crippen LogP contribution < -0.4 is 0 Å². The van der Waals surface area contributed by atoms with Crippen molar-refractivity contribution in [3.8, 4) is 0 Å². The van der Waals surface area contributed by atoms with Crippen LogP contribution in [-0.2, 0) is 10.0 Å². The second-order valence-electron chi connectivity index (χ2n) is 5.69. The van der Waals surface area contributed by atoms with Crippen molar-refractivity contribution in [1.29, 1.82) is 0 Å². The Morgan fingerprint density at radius 1 is 1.38 bits per heavy atom. The lowest BCUT2D eigenvalue weighted by atomic mass is 10.0. The van der Waals surface area contributed by atoms with Gasteiger partial charge in [-0.1, -0.05) is 11.6 Å². The van der Waals surface area contributed by atoms with E-state index in [1.807, 2.05) is 0 Å². The zero-order valence-corrected chi connectivity index (χ0v) is 14.2. The number of nitrogens with zero attached hydrogens (tertiary/aromatic N) is 3. The molecule has 0 amide bonds. The van der Waals surface area contributed by atoms with Crippen LogP contribution in [0.3, 0.4) is 0 Å². The first kappa shape index (κ1) is 16.7. The molecule has 1 aromatic heterocycles. The molecule has 21 heavy (non-hydrogen) atoms. The topological polar surface area (TPSA) is 53.5 Å². The second kappa shape index (κ2) is 6.60. The van der Waals surface area contributed by atoms with Crippen LogP contribution in [0, 0.1) is 0 Å². The number of hydrogen-bond acceptors (Lipinski definition) is 4. The lowest BCUT2D eigenvalue weighted by Crippen LogP contribution is -2.47. The highest BCUT2D eigenvalue weighted by Crippen LogP contribution is 2.27. The quantitative estimate of drug-likeness (QED) is 0.849. The maximum Gasteiger partial charge on any atom is 0.246 e. The van der Waals surface area contributed by atoms with Crippen molar-refractivity contribution in [3.63, 3.8) is 0 Å². The van der Waals surface area contributed by atoms with E-state index >= 15 is 0 Å². The predicted molar refractivity (Wildman–Crippen MR) is 83.9 cm³/mol. The maximum atomic E-state index is 12.7. The molecule has 0 saturated carbocycles. The van der Waals surface area contributed by atoms with Gasteiger partial charge in [0.15, 0.2) is 0 Å². The van der Waals surface area contributed by atoms with E-state index in [2.05, 4.69) is 23.7 Å². The minimum atomic E-state index is -3.59. The van der Waals surface area contributed by atoms with Crippen molar-refractivity contribution in [2.24, 2.45) is 0 Å². The number of aromatic nitrogens is 1. The molecule has 0 aromatic carbocycles. The van der Waals surface area contributed by atoms with Crippen LogP contribution in [0.2, 0.25) is 5.02 Å². The molecule has 1 aliphatic heterocycles. The van der Waals surface area contributed by atoms with E-state index in [1.165, 1.54) is 22.8 Å². The number of pyridine rings is 1. The molecule has 1 aliphatic rings. The van der Waals surface area contributed by atoms with Crippen molar-refractivity contribution in [2.45, 2.75) is 43.7 Å². The van der Waals surface area contributed by atoms with Crippen molar-refractivity contribution >= 4 is 21.6 Å². The summed E-state index contributed by atoms with van der Waals surface area (Å²) in [5.41, 5.74) is 0. The van der Waals surface area contributed by atoms with Crippen LogP contribution in [-0.4, -0.2) is 54.8 Å². The second-order valence-corrected chi connectivity index (χ2v) is 8.06. The molecule has 0 unspecified atom stereocenters. The Morgan fingerprint density at radius 2 is 2.00 bits per heavy atom. The Bertz CT molecular complexity index is 584. The van der Waals surface area contributed by atoms with Crippen molar-refractivity contribution in [3.05, 3.63) is 23.5 Å². The summed E-state index contributed by atoms with van der Waals surface area (Å²) in [4.78, 5) is 6.33. The Labute approximate surface area is 132 Å². The molecule has 2 rings (SSSR count). The fourth-order valence-electron chi connectivity index (χ4n) is 2.67. The lowest BCUT2D eigenvalue weighted by molar-refractivity contribution is 0.140. The van der Waals surface area contributed by atoms with E-state index in [0.717, 1.165) is 25.9 Å². The van der Waals surface area contributed by atoms with Gasteiger partial charge < -0.3 is 4.90 Å². The summed E-state index contributed by atoms with van der Waals surface area (Å²) in [6, 6.07) is 2.02. The van der Waals surface area contributed by atoms with E-state index in [0.29, 0.717) is 6.04 Å². The molecule has 0 N–H and O–H groups in total. The third-order valence-electron chi connectivity index (χ3n) is 4.13. The molecular weight excluding hydrogens is 310 g/mol. The van der Waals surface area contributed by atoms with Crippen molar-refractivity contribution in [1.82, 2.24) is 14.2 Å². The normalized spacial score (nSPS) is 18.6. The Hall–Kier alpha value is -0.690. The highest BCUT2D eigenvalue weighted by Gasteiger charge is 2.32. The van der Waals surface area contributed by atoms with E-state index in [-0.39, 0.29) is 16.0 Å². The first-order valence-corrected chi connectivity index (χ1v) is 8.97. The van der Waals surface area contributed by atoms with Gasteiger partial charge in [-0.25, -0.2) is 8.42 Å². The molecule has 0 radical (unpaired) electrons. The minimum Gasteiger partial charge on any atom is -0.301 e. The van der Waals surface area contributed by atoms with Crippen LogP contribution in [0.15, 0.2) is 23.4 Å². The van der Waals surface area contributed by atoms with Gasteiger partial charge in [0.2, 0.25) is 10.0 Å². The molecule has 0 atom stereocenters. The van der Waals surface area contributed by atoms with Gasteiger partial charge in [0.05, 0.1) is 5.02 Å². The van der Waals surface area contributed by atoms with Gasteiger partial charge in [0.25, 0.3) is 0 Å². The summed E-state index contributed by atoms with van der Waals surface area (Å²) in [6.45, 7) is 6.17. The van der Waals surface area contributed by atoms with Gasteiger partial charge >= 0.3 is 0 Å². The first-order chi connectivity index (χ1) is 9.84. The Balaban J connectivity index is 2.13. The molecule has 0 bridgehead atoms. The summed E-state index contributed by atoms with van der Waals surface area (Å²) in [5, 5.41) is 0.219. The molecule has 5 nitrogen and oxygen atoms in total. The van der Waals surface area contributed by atoms with Gasteiger partial charge in [-0.05, 0) is 45.8 Å². The third kappa shape index (κ3) is 3.56. The van der Waals surface area contributed by atoms with E-state index in [9.17, 15) is 8.42 Å². The molecule has 0 aliphatic carbocycles. The minimum absolute atomic E-state index is 0.0151. The molecule has 0 spiro atoms. The fourth-order valence-corrected chi connectivity index (χ4v) is 4.49. The zero-order valence-electron chi connectivity index (χ0n) is 12.7. The molecular formula is C14H22ClN3O2S. The van der Waals surface area contributed by atoms with E-state index in [1.54, 1.807) is 7.05 Å². The summed E-state index contributed by atoms with van der Waals surface area (Å²) >= 11 is 6.00. The van der Waals surface area contributed by atoms with Crippen LogP contribution in [0.25, 0.3) is 0 Å². The fraction of sp³-hybridized carbons (Fsp3) is 0.643. The summed E-state index contributed by atoms with van der Waals surface area (Å²) in [6.07, 6.45) is 4.48. The van der Waals surface area contributed by atoms with Crippen LogP contribution in [0.5, 0.6) is 0 Å². The zero-order chi connectivity index (χ0) is 15.6. The molecule has 118 valence electrons. The SMILES string of the molecule is CC(C)N1CCC(N(C)S(=O)(=O)c2cnccc2Cl)CC1. The van der Waals surface area contributed by atoms with Crippen molar-refractivity contribution in [2.75, 3.05) is 20.1 Å². The van der Waals surface area contributed by atoms with Gasteiger partial charge in [0, 0.05) is 31.5 Å². The lowest BCUT2D eigenvalue weighted by Gasteiger charge is -2.37. The monoisotopic (exact) mass is 331 g/mol. The van der Waals surface area contributed by atoms with Crippen LogP contribution in [0.4, 0.5) is 0 Å². The summed E-state index contributed by atoms with van der Waals surface area (Å²) in [5.74, 6) is 0. The number of halogens is 1. The average Bonchev–Trinajstić information content (AvgIpc) is 2.46. The smallest absolute Gasteiger partial charge is 0.246 e. The molecule has 2 heterocycles. The van der Waals surface area contributed by atoms with Gasteiger partial charge in [-0.2, -0.15) is 4.31 Å². The number of rotatable bonds is 4. The predicted octanol–water partition coefficient (Wildman–Crippen LogP) is 2.23. The van der Waals surface area contributed by atoms with E-state index in [4.69, 9.17) is 11.6 Å². The average molecular weight is 332 g/mol. The van der Waals surface area contributed by atoms with Gasteiger partial charge in [-0.15, -0.1) is 0 Å². The standard InChI is InChI=1S/C14H22ClN3O2S/c1-11(2)18-8-5-12(6-9-18)17(3)21(19,20)14-10-16-7-4-13(14)15/h4,7,10-12H,5-6,8-9H2,1-3H3. The summed E-state index contributed by atoms with van der Waals surface area (Å²) < 4.78 is 26.8. The third-order valence-corrected chi connectivity index (χ3v) is 6.51. The maximum absolute atomic E-state index is 12.7. The van der Waals surface area contributed by atoms with E-state index < -0.39 is 10.0 Å². The van der Waals surface area contributed by atoms with Gasteiger partial charge in [0.1, 0.15) is 4.90 Å². The first-order valence-electron chi connectivity index (χ1n) is 7.15. The molecule has 1 fully saturated rings. The molecule has 1 saturated heterocycles. The number of sulfonamides is 1. The Morgan fingerprint density at radius 3 is 2.52 bits per heavy atom. The summed E-state index contributed by atoms with van der Waals surface area (Å²) in [7, 11) is -1.95. The largest absolute Gasteiger partial charge is 0.301 e. The highest BCUT2D eigenvalue weighted by atomic mass is 35.5. The van der Waals surface area contributed by atoms with Crippen LogP contribution >= 0.6 is 11.6 Å². The highest BCUT2D eigenvalue weighted by molar-refractivity contribution is 7.89. The molecule has 1 aromatic rings.